The molecule has 0 fully saturated rings. The first kappa shape index (κ1) is 30.4. The number of benzene rings is 1. The Morgan fingerprint density at radius 2 is 1.85 bits per heavy atom. The van der Waals surface area contributed by atoms with E-state index >= 15 is 0 Å². The van der Waals surface area contributed by atoms with Crippen molar-refractivity contribution in [3.05, 3.63) is 35.9 Å². The van der Waals surface area contributed by atoms with Gasteiger partial charge in [0, 0.05) is 37.3 Å². The number of carboxylic acid groups (broad SMARTS) is 1. The molecular formula is C23H39N3O6S2. The van der Waals surface area contributed by atoms with Crippen LogP contribution in [0.3, 0.4) is 0 Å². The second-order valence-electron chi connectivity index (χ2n) is 8.77. The summed E-state index contributed by atoms with van der Waals surface area (Å²) >= 11 is 4.09. The molecule has 11 heteroatoms. The molecule has 0 saturated heterocycles. The molecule has 1 rings (SSSR count). The van der Waals surface area contributed by atoms with E-state index in [2.05, 4.69) is 17.9 Å². The summed E-state index contributed by atoms with van der Waals surface area (Å²) in [5, 5.41) is 22.6. The van der Waals surface area contributed by atoms with Gasteiger partial charge in [-0.3, -0.25) is 10.1 Å². The monoisotopic (exact) mass is 517 g/mol. The second-order valence-corrected chi connectivity index (χ2v) is 11.1. The lowest BCUT2D eigenvalue weighted by molar-refractivity contribution is -0.158. The molecule has 5 N–H and O–H groups in total. The second kappa shape index (κ2) is 14.0. The standard InChI is InChI=1S/C23H39N3O6S2/c1-4-17(2)10-13-34(31,32)26(21(28)18(3)14-19-8-6-5-7-9-19)23(11-12-27,22(29)30)25-15-20(24)16-33/h5-9,17-18,20,25,27,33H,4,10-16,24H2,1-3H3,(H,29,30)/t17-,18?,20?,23-/m0/s1. The Labute approximate surface area is 208 Å². The lowest BCUT2D eigenvalue weighted by Gasteiger charge is -2.41. The minimum Gasteiger partial charge on any atom is -0.478 e. The van der Waals surface area contributed by atoms with Gasteiger partial charge in [-0.15, -0.1) is 0 Å². The first-order valence-corrected chi connectivity index (χ1v) is 13.8. The fraction of sp³-hybridized carbons (Fsp3) is 0.652. The Balaban J connectivity index is 3.53. The molecule has 0 aliphatic heterocycles. The van der Waals surface area contributed by atoms with E-state index in [0.717, 1.165) is 12.0 Å². The number of aliphatic hydroxyl groups is 1. The first-order valence-electron chi connectivity index (χ1n) is 11.5. The number of nitrogens with zero attached hydrogens (tertiary/aromatic N) is 1. The largest absolute Gasteiger partial charge is 0.478 e. The van der Waals surface area contributed by atoms with E-state index in [1.165, 1.54) is 0 Å². The van der Waals surface area contributed by atoms with Gasteiger partial charge in [0.25, 0.3) is 0 Å². The highest BCUT2D eigenvalue weighted by atomic mass is 32.2. The zero-order chi connectivity index (χ0) is 25.9. The average Bonchev–Trinajstić information content (AvgIpc) is 2.80. The summed E-state index contributed by atoms with van der Waals surface area (Å²) in [6.07, 6.45) is 0.695. The van der Waals surface area contributed by atoms with E-state index in [0.29, 0.717) is 4.31 Å². The normalized spacial score (nSPS) is 16.3. The van der Waals surface area contributed by atoms with Crippen LogP contribution >= 0.6 is 12.6 Å². The van der Waals surface area contributed by atoms with E-state index in [1.54, 1.807) is 19.1 Å². The highest BCUT2D eigenvalue weighted by molar-refractivity contribution is 7.89. The van der Waals surface area contributed by atoms with Gasteiger partial charge < -0.3 is 15.9 Å². The summed E-state index contributed by atoms with van der Waals surface area (Å²) in [6.45, 7) is 4.61. The van der Waals surface area contributed by atoms with Crippen LogP contribution in [0, 0.1) is 11.8 Å². The van der Waals surface area contributed by atoms with Crippen LogP contribution in [-0.4, -0.2) is 71.2 Å². The van der Waals surface area contributed by atoms with Crippen LogP contribution in [0.4, 0.5) is 0 Å². The predicted molar refractivity (Wildman–Crippen MR) is 136 cm³/mol. The molecule has 4 atom stereocenters. The molecule has 0 spiro atoms. The number of carbonyl (C=O) groups is 2. The molecule has 0 radical (unpaired) electrons. The van der Waals surface area contributed by atoms with Gasteiger partial charge >= 0.3 is 5.97 Å². The predicted octanol–water partition coefficient (Wildman–Crippen LogP) is 1.47. The average molecular weight is 518 g/mol. The van der Waals surface area contributed by atoms with Crippen molar-refractivity contribution in [2.24, 2.45) is 17.6 Å². The van der Waals surface area contributed by atoms with Gasteiger partial charge in [-0.05, 0) is 24.3 Å². The number of aliphatic carboxylic acids is 1. The van der Waals surface area contributed by atoms with Gasteiger partial charge in [-0.25, -0.2) is 17.5 Å². The molecular weight excluding hydrogens is 478 g/mol. The van der Waals surface area contributed by atoms with Crippen LogP contribution in [0.15, 0.2) is 30.3 Å². The lowest BCUT2D eigenvalue weighted by atomic mass is 9.98. The summed E-state index contributed by atoms with van der Waals surface area (Å²) in [7, 11) is -4.37. The third-order valence-electron chi connectivity index (χ3n) is 5.92. The minimum absolute atomic E-state index is 0.0658. The Hall–Kier alpha value is -1.66. The number of hydrogen-bond donors (Lipinski definition) is 5. The van der Waals surface area contributed by atoms with Gasteiger partial charge in [-0.1, -0.05) is 57.5 Å². The quantitative estimate of drug-likeness (QED) is 0.163. The number of nitrogens with two attached hydrogens (primary N) is 1. The third kappa shape index (κ3) is 8.23. The Morgan fingerprint density at radius 3 is 2.35 bits per heavy atom. The summed E-state index contributed by atoms with van der Waals surface area (Å²) in [4.78, 5) is 26.3. The van der Waals surface area contributed by atoms with E-state index in [9.17, 15) is 28.2 Å². The van der Waals surface area contributed by atoms with Gasteiger partial charge in [0.15, 0.2) is 0 Å². The Kier molecular flexibility index (Phi) is 12.5. The number of aliphatic hydroxyl groups excluding tert-OH is 1. The number of thiol groups is 1. The highest BCUT2D eigenvalue weighted by Crippen LogP contribution is 2.27. The number of sulfonamides is 1. The lowest BCUT2D eigenvalue weighted by Crippen LogP contribution is -2.69. The molecule has 1 amide bonds. The van der Waals surface area contributed by atoms with Crippen molar-refractivity contribution in [3.8, 4) is 0 Å². The van der Waals surface area contributed by atoms with Gasteiger partial charge in [-0.2, -0.15) is 12.6 Å². The molecule has 0 bridgehead atoms. The van der Waals surface area contributed by atoms with Crippen LogP contribution in [-0.2, 0) is 26.0 Å². The van der Waals surface area contributed by atoms with Crippen molar-refractivity contribution in [2.75, 3.05) is 24.7 Å². The summed E-state index contributed by atoms with van der Waals surface area (Å²) in [6, 6.07) is 8.47. The third-order valence-corrected chi connectivity index (χ3v) is 8.18. The van der Waals surface area contributed by atoms with Crippen molar-refractivity contribution in [2.45, 2.75) is 58.2 Å². The van der Waals surface area contributed by atoms with Crippen LogP contribution in [0.25, 0.3) is 0 Å². The highest BCUT2D eigenvalue weighted by Gasteiger charge is 2.52. The molecule has 9 nitrogen and oxygen atoms in total. The Morgan fingerprint density at radius 1 is 1.24 bits per heavy atom. The molecule has 194 valence electrons. The molecule has 0 aromatic heterocycles. The molecule has 0 saturated carbocycles. The number of amides is 1. The zero-order valence-corrected chi connectivity index (χ0v) is 21.9. The summed E-state index contributed by atoms with van der Waals surface area (Å²) < 4.78 is 27.6. The van der Waals surface area contributed by atoms with Crippen molar-refractivity contribution in [1.29, 1.82) is 0 Å². The van der Waals surface area contributed by atoms with E-state index < -0.39 is 58.3 Å². The van der Waals surface area contributed by atoms with Gasteiger partial charge in [0.2, 0.25) is 21.6 Å². The van der Waals surface area contributed by atoms with Crippen molar-refractivity contribution in [3.63, 3.8) is 0 Å². The fourth-order valence-electron chi connectivity index (χ4n) is 3.52. The summed E-state index contributed by atoms with van der Waals surface area (Å²) in [5.74, 6) is -3.39. The Bertz CT molecular complexity index is 884. The molecule has 2 unspecified atom stereocenters. The number of rotatable bonds is 16. The van der Waals surface area contributed by atoms with Crippen LogP contribution in [0.1, 0.15) is 45.6 Å². The fourth-order valence-corrected chi connectivity index (χ4v) is 5.70. The van der Waals surface area contributed by atoms with Gasteiger partial charge in [0.05, 0.1) is 5.75 Å². The van der Waals surface area contributed by atoms with Crippen LogP contribution < -0.4 is 11.1 Å². The van der Waals surface area contributed by atoms with Crippen molar-refractivity contribution in [1.82, 2.24) is 9.62 Å². The SMILES string of the molecule is CC[C@H](C)CCS(=O)(=O)N(C(=O)C(C)Cc1ccccc1)[C@](CCO)(NCC(N)CS)C(=O)O. The number of carboxylic acids is 1. The number of nitrogens with one attached hydrogen (secondary N) is 1. The molecule has 0 aliphatic carbocycles. The molecule has 34 heavy (non-hydrogen) atoms. The zero-order valence-electron chi connectivity index (χ0n) is 20.2. The maximum Gasteiger partial charge on any atom is 0.346 e. The first-order chi connectivity index (χ1) is 15.9. The maximum atomic E-state index is 13.7. The number of carbonyl (C=O) groups excluding carboxylic acids is 1. The summed E-state index contributed by atoms with van der Waals surface area (Å²) in [5.41, 5.74) is 4.32. The molecule has 1 aromatic carbocycles. The molecule has 1 aromatic rings. The topological polar surface area (TPSA) is 150 Å². The van der Waals surface area contributed by atoms with E-state index in [4.69, 9.17) is 5.73 Å². The van der Waals surface area contributed by atoms with Crippen LogP contribution in [0.5, 0.6) is 0 Å². The van der Waals surface area contributed by atoms with Crippen LogP contribution in [0.2, 0.25) is 0 Å². The van der Waals surface area contributed by atoms with E-state index in [-0.39, 0.29) is 31.1 Å². The van der Waals surface area contributed by atoms with Gasteiger partial charge in [0.1, 0.15) is 0 Å². The van der Waals surface area contributed by atoms with Crippen molar-refractivity contribution < 1.29 is 28.2 Å². The maximum absolute atomic E-state index is 13.7. The molecule has 0 aliphatic rings. The minimum atomic E-state index is -4.37. The van der Waals surface area contributed by atoms with E-state index in [1.807, 2.05) is 32.0 Å². The smallest absolute Gasteiger partial charge is 0.346 e. The molecule has 0 heterocycles. The van der Waals surface area contributed by atoms with Crippen molar-refractivity contribution >= 4 is 34.5 Å². The number of hydrogen-bond acceptors (Lipinski definition) is 8.